The van der Waals surface area contributed by atoms with Crippen LogP contribution in [0.5, 0.6) is 0 Å². The summed E-state index contributed by atoms with van der Waals surface area (Å²) in [6, 6.07) is 1.87. The van der Waals surface area contributed by atoms with Crippen molar-refractivity contribution in [2.75, 3.05) is 31.2 Å². The Kier molecular flexibility index (Phi) is 3.59. The predicted molar refractivity (Wildman–Crippen MR) is 77.1 cm³/mol. The van der Waals surface area contributed by atoms with Crippen LogP contribution in [0.4, 0.5) is 5.82 Å². The summed E-state index contributed by atoms with van der Waals surface area (Å²) in [7, 11) is 0. The molecule has 1 aromatic rings. The number of rotatable bonds is 2. The smallest absolute Gasteiger partial charge is 0.287 e. The number of anilines is 1. The van der Waals surface area contributed by atoms with Crippen molar-refractivity contribution in [2.24, 2.45) is 5.73 Å². The third-order valence-electron chi connectivity index (χ3n) is 4.04. The fourth-order valence-corrected chi connectivity index (χ4v) is 2.88. The van der Waals surface area contributed by atoms with Gasteiger partial charge in [0.15, 0.2) is 0 Å². The molecule has 3 rings (SSSR count). The van der Waals surface area contributed by atoms with Gasteiger partial charge < -0.3 is 15.2 Å². The van der Waals surface area contributed by atoms with Gasteiger partial charge in [-0.15, -0.1) is 0 Å². The van der Waals surface area contributed by atoms with Gasteiger partial charge in [0.2, 0.25) is 0 Å². The average molecular weight is 292 g/mol. The number of H-pyrrole nitrogens is 1. The van der Waals surface area contributed by atoms with Gasteiger partial charge >= 0.3 is 0 Å². The van der Waals surface area contributed by atoms with Gasteiger partial charge in [0, 0.05) is 12.0 Å². The molecule has 1 saturated heterocycles. The van der Waals surface area contributed by atoms with Crippen LogP contribution < -0.4 is 15.6 Å². The van der Waals surface area contributed by atoms with Crippen molar-refractivity contribution >= 4 is 11.7 Å². The number of nitrogens with zero attached hydrogens (tertiary/aromatic N) is 1. The number of fused-ring (bicyclic) bond motifs is 1. The number of hydrogen-bond acceptors (Lipinski definition) is 4. The molecule has 0 radical (unpaired) electrons. The number of carbonyl (C=O) groups is 1. The normalized spacial score (nSPS) is 21.0. The van der Waals surface area contributed by atoms with Crippen LogP contribution in [0, 0.1) is 0 Å². The summed E-state index contributed by atoms with van der Waals surface area (Å²) >= 11 is 0. The zero-order chi connectivity index (χ0) is 15.0. The SMILES string of the molecule is CC1(C)Cc2[nH+]c(N3CCOCC3)c(C(N)=O)cc2CO1. The summed E-state index contributed by atoms with van der Waals surface area (Å²) in [6.07, 6.45) is 0.790. The maximum Gasteiger partial charge on any atom is 0.287 e. The fourth-order valence-electron chi connectivity index (χ4n) is 2.88. The Hall–Kier alpha value is -1.66. The quantitative estimate of drug-likeness (QED) is 0.849. The van der Waals surface area contributed by atoms with Crippen LogP contribution in [-0.4, -0.2) is 37.8 Å². The third-order valence-corrected chi connectivity index (χ3v) is 4.04. The Morgan fingerprint density at radius 1 is 1.38 bits per heavy atom. The minimum atomic E-state index is -0.416. The number of nitrogens with two attached hydrogens (primary N) is 1. The van der Waals surface area contributed by atoms with Crippen molar-refractivity contribution in [3.05, 3.63) is 22.9 Å². The monoisotopic (exact) mass is 292 g/mol. The van der Waals surface area contributed by atoms with Crippen molar-refractivity contribution in [1.82, 2.24) is 0 Å². The van der Waals surface area contributed by atoms with Gasteiger partial charge in [-0.2, -0.15) is 0 Å². The van der Waals surface area contributed by atoms with E-state index < -0.39 is 5.91 Å². The first-order valence-corrected chi connectivity index (χ1v) is 7.31. The van der Waals surface area contributed by atoms with Gasteiger partial charge in [0.25, 0.3) is 11.7 Å². The molecule has 0 bridgehead atoms. The van der Waals surface area contributed by atoms with Crippen molar-refractivity contribution in [3.63, 3.8) is 0 Å². The third kappa shape index (κ3) is 2.87. The Balaban J connectivity index is 2.02. The Labute approximate surface area is 124 Å². The topological polar surface area (TPSA) is 78.9 Å². The lowest BCUT2D eigenvalue weighted by atomic mass is 9.95. The highest BCUT2D eigenvalue weighted by molar-refractivity contribution is 5.97. The number of hydrogen-bond donors (Lipinski definition) is 1. The Morgan fingerprint density at radius 2 is 2.10 bits per heavy atom. The second-order valence-electron chi connectivity index (χ2n) is 6.22. The lowest BCUT2D eigenvalue weighted by Crippen LogP contribution is -2.44. The molecular formula is C15H22N3O3+. The van der Waals surface area contributed by atoms with Crippen LogP contribution in [-0.2, 0) is 22.5 Å². The van der Waals surface area contributed by atoms with E-state index >= 15 is 0 Å². The second-order valence-corrected chi connectivity index (χ2v) is 6.22. The summed E-state index contributed by atoms with van der Waals surface area (Å²) in [5, 5.41) is 0. The summed E-state index contributed by atoms with van der Waals surface area (Å²) in [5.74, 6) is 0.391. The van der Waals surface area contributed by atoms with Gasteiger partial charge in [0.1, 0.15) is 24.3 Å². The molecule has 0 aromatic carbocycles. The number of morpholine rings is 1. The molecule has 2 aliphatic rings. The molecule has 6 heteroatoms. The molecule has 2 aliphatic heterocycles. The van der Waals surface area contributed by atoms with Crippen LogP contribution in [0.25, 0.3) is 0 Å². The van der Waals surface area contributed by atoms with E-state index in [4.69, 9.17) is 15.2 Å². The lowest BCUT2D eigenvalue weighted by molar-refractivity contribution is -0.384. The molecule has 0 unspecified atom stereocenters. The van der Waals surface area contributed by atoms with Crippen molar-refractivity contribution in [3.8, 4) is 0 Å². The number of aromatic amines is 1. The number of ether oxygens (including phenoxy) is 2. The molecule has 3 N–H and O–H groups in total. The van der Waals surface area contributed by atoms with Gasteiger partial charge in [-0.3, -0.25) is 9.69 Å². The van der Waals surface area contributed by atoms with E-state index in [-0.39, 0.29) is 5.60 Å². The molecule has 0 spiro atoms. The first-order valence-electron chi connectivity index (χ1n) is 7.31. The van der Waals surface area contributed by atoms with Crippen LogP contribution in [0.3, 0.4) is 0 Å². The van der Waals surface area contributed by atoms with E-state index in [1.54, 1.807) is 0 Å². The molecule has 114 valence electrons. The number of amides is 1. The predicted octanol–water partition coefficient (Wildman–Crippen LogP) is 0.288. The van der Waals surface area contributed by atoms with Gasteiger partial charge in [0.05, 0.1) is 25.4 Å². The first-order chi connectivity index (χ1) is 9.96. The summed E-state index contributed by atoms with van der Waals surface area (Å²) in [4.78, 5) is 17.3. The number of carbonyl (C=O) groups excluding carboxylic acids is 1. The van der Waals surface area contributed by atoms with E-state index in [1.807, 2.05) is 6.07 Å². The van der Waals surface area contributed by atoms with Crippen LogP contribution in [0.2, 0.25) is 0 Å². The molecule has 0 saturated carbocycles. The van der Waals surface area contributed by atoms with Crippen molar-refractivity contribution in [1.29, 1.82) is 0 Å². The molecule has 21 heavy (non-hydrogen) atoms. The number of nitrogens with one attached hydrogen (secondary N) is 1. The standard InChI is InChI=1S/C15H21N3O3/c1-15(2)8-12-10(9-21-15)7-11(13(16)19)14(17-12)18-3-5-20-6-4-18/h7H,3-6,8-9H2,1-2H3,(H2,16,19)/p+1. The number of pyridine rings is 1. The van der Waals surface area contributed by atoms with E-state index in [0.29, 0.717) is 25.4 Å². The first kappa shape index (κ1) is 14.3. The molecule has 6 nitrogen and oxygen atoms in total. The van der Waals surface area contributed by atoms with Crippen LogP contribution >= 0.6 is 0 Å². The minimum Gasteiger partial charge on any atom is -0.373 e. The zero-order valence-electron chi connectivity index (χ0n) is 12.6. The zero-order valence-corrected chi connectivity index (χ0v) is 12.6. The maximum atomic E-state index is 11.8. The largest absolute Gasteiger partial charge is 0.373 e. The molecule has 0 atom stereocenters. The highest BCUT2D eigenvalue weighted by atomic mass is 16.5. The molecule has 1 aromatic heterocycles. The summed E-state index contributed by atoms with van der Waals surface area (Å²) in [6.45, 7) is 7.49. The summed E-state index contributed by atoms with van der Waals surface area (Å²) in [5.41, 5.74) is 8.02. The Morgan fingerprint density at radius 3 is 2.76 bits per heavy atom. The van der Waals surface area contributed by atoms with E-state index in [9.17, 15) is 4.79 Å². The summed E-state index contributed by atoms with van der Waals surface area (Å²) < 4.78 is 11.2. The molecular weight excluding hydrogens is 270 g/mol. The molecule has 1 amide bonds. The average Bonchev–Trinajstić information content (AvgIpc) is 2.45. The highest BCUT2D eigenvalue weighted by Crippen LogP contribution is 2.28. The highest BCUT2D eigenvalue weighted by Gasteiger charge is 2.33. The van der Waals surface area contributed by atoms with E-state index in [1.165, 1.54) is 0 Å². The number of aromatic nitrogens is 1. The van der Waals surface area contributed by atoms with E-state index in [2.05, 4.69) is 23.7 Å². The molecule has 0 aliphatic carbocycles. The minimum absolute atomic E-state index is 0.194. The van der Waals surface area contributed by atoms with Crippen molar-refractivity contribution < 1.29 is 19.3 Å². The molecule has 1 fully saturated rings. The van der Waals surface area contributed by atoms with Gasteiger partial charge in [-0.05, 0) is 19.9 Å². The second kappa shape index (κ2) is 5.27. The maximum absolute atomic E-state index is 11.8. The fraction of sp³-hybridized carbons (Fsp3) is 0.600. The van der Waals surface area contributed by atoms with Gasteiger partial charge in [-0.1, -0.05) is 0 Å². The van der Waals surface area contributed by atoms with E-state index in [0.717, 1.165) is 36.6 Å². The van der Waals surface area contributed by atoms with Gasteiger partial charge in [-0.25, -0.2) is 4.98 Å². The number of primary amides is 1. The van der Waals surface area contributed by atoms with Crippen LogP contribution in [0.15, 0.2) is 6.07 Å². The molecule has 3 heterocycles. The Bertz CT molecular complexity index is 566. The van der Waals surface area contributed by atoms with Crippen molar-refractivity contribution in [2.45, 2.75) is 32.5 Å². The lowest BCUT2D eigenvalue weighted by Gasteiger charge is -2.31. The van der Waals surface area contributed by atoms with Crippen LogP contribution in [0.1, 0.15) is 35.5 Å².